The molecular formula is C18H14F3N3O2S. The molecule has 0 unspecified atom stereocenters. The van der Waals surface area contributed by atoms with Crippen molar-refractivity contribution in [2.75, 3.05) is 7.11 Å². The minimum Gasteiger partial charge on any atom is -0.497 e. The van der Waals surface area contributed by atoms with Crippen molar-refractivity contribution in [3.63, 3.8) is 0 Å². The summed E-state index contributed by atoms with van der Waals surface area (Å²) in [6, 6.07) is 7.43. The largest absolute Gasteiger partial charge is 0.497 e. The van der Waals surface area contributed by atoms with Crippen molar-refractivity contribution in [2.24, 2.45) is 0 Å². The summed E-state index contributed by atoms with van der Waals surface area (Å²) in [5.74, 6) is 0.493. The first-order valence-corrected chi connectivity index (χ1v) is 8.61. The molecule has 0 amide bonds. The molecule has 1 aromatic carbocycles. The molecule has 0 radical (unpaired) electrons. The van der Waals surface area contributed by atoms with Crippen LogP contribution in [0.2, 0.25) is 0 Å². The fraction of sp³-hybridized carbons (Fsp3) is 0.278. The summed E-state index contributed by atoms with van der Waals surface area (Å²) in [5.41, 5.74) is -1.41. The zero-order chi connectivity index (χ0) is 19.3. The van der Waals surface area contributed by atoms with Gasteiger partial charge in [-0.2, -0.15) is 13.2 Å². The summed E-state index contributed by atoms with van der Waals surface area (Å²) in [7, 11) is 1.47. The first-order valence-electron chi connectivity index (χ1n) is 8.21. The second-order valence-electron chi connectivity index (χ2n) is 6.34. The van der Waals surface area contributed by atoms with Crippen molar-refractivity contribution >= 4 is 23.3 Å². The van der Waals surface area contributed by atoms with Gasteiger partial charge in [0, 0.05) is 11.6 Å². The minimum atomic E-state index is -4.72. The standard InChI is InChI=1S/C18H14F3N3O2S/c1-26-11-4-2-3-9(7-11)13-8-12(18(19,20)21)14-15(22-13)24(10-5-6-10)17(27)23-16(14)25/h2-4,7-8,10H,5-6H2,1H3,(H,23,25,27). The van der Waals surface area contributed by atoms with Crippen LogP contribution in [-0.2, 0) is 6.18 Å². The molecule has 27 heavy (non-hydrogen) atoms. The van der Waals surface area contributed by atoms with Gasteiger partial charge >= 0.3 is 6.18 Å². The Hall–Kier alpha value is -2.68. The lowest BCUT2D eigenvalue weighted by atomic mass is 10.1. The lowest BCUT2D eigenvalue weighted by molar-refractivity contribution is -0.136. The summed E-state index contributed by atoms with van der Waals surface area (Å²) in [4.78, 5) is 19.1. The van der Waals surface area contributed by atoms with Crippen LogP contribution in [0.5, 0.6) is 5.75 Å². The second kappa shape index (κ2) is 6.19. The Morgan fingerprint density at radius 3 is 2.67 bits per heavy atom. The number of aromatic nitrogens is 3. The number of alkyl halides is 3. The summed E-state index contributed by atoms with van der Waals surface area (Å²) < 4.78 is 48.0. The van der Waals surface area contributed by atoms with Crippen LogP contribution in [0.4, 0.5) is 13.2 Å². The number of hydrogen-bond donors (Lipinski definition) is 1. The van der Waals surface area contributed by atoms with Crippen molar-refractivity contribution in [3.05, 3.63) is 51.0 Å². The van der Waals surface area contributed by atoms with Gasteiger partial charge in [0.25, 0.3) is 5.56 Å². The molecule has 1 saturated carbocycles. The highest BCUT2D eigenvalue weighted by atomic mass is 32.1. The molecule has 2 aromatic heterocycles. The SMILES string of the molecule is COc1cccc(-c2cc(C(F)(F)F)c3c(=O)[nH]c(=S)n(C4CC4)c3n2)c1. The fourth-order valence-electron chi connectivity index (χ4n) is 3.07. The van der Waals surface area contributed by atoms with E-state index in [4.69, 9.17) is 17.0 Å². The molecular weight excluding hydrogens is 379 g/mol. The van der Waals surface area contributed by atoms with Gasteiger partial charge in [-0.3, -0.25) is 14.3 Å². The van der Waals surface area contributed by atoms with E-state index in [1.54, 1.807) is 24.3 Å². The van der Waals surface area contributed by atoms with Crippen LogP contribution < -0.4 is 10.3 Å². The minimum absolute atomic E-state index is 0.0427. The average molecular weight is 393 g/mol. The van der Waals surface area contributed by atoms with Crippen molar-refractivity contribution in [1.29, 1.82) is 0 Å². The smallest absolute Gasteiger partial charge is 0.417 e. The summed E-state index contributed by atoms with van der Waals surface area (Å²) >= 11 is 5.19. The number of halogens is 3. The van der Waals surface area contributed by atoms with Crippen LogP contribution >= 0.6 is 12.2 Å². The van der Waals surface area contributed by atoms with Gasteiger partial charge in [-0.25, -0.2) is 4.98 Å². The molecule has 0 atom stereocenters. The van der Waals surface area contributed by atoms with E-state index >= 15 is 0 Å². The van der Waals surface area contributed by atoms with E-state index < -0.39 is 22.7 Å². The number of rotatable bonds is 3. The third-order valence-electron chi connectivity index (χ3n) is 4.48. The van der Waals surface area contributed by atoms with E-state index in [9.17, 15) is 18.0 Å². The summed E-state index contributed by atoms with van der Waals surface area (Å²) in [6.07, 6.45) is -3.16. The summed E-state index contributed by atoms with van der Waals surface area (Å²) in [6.45, 7) is 0. The van der Waals surface area contributed by atoms with E-state index in [1.165, 1.54) is 11.7 Å². The monoisotopic (exact) mass is 393 g/mol. The fourth-order valence-corrected chi connectivity index (χ4v) is 3.40. The number of nitrogens with one attached hydrogen (secondary N) is 1. The maximum Gasteiger partial charge on any atom is 0.417 e. The van der Waals surface area contributed by atoms with Crippen molar-refractivity contribution in [2.45, 2.75) is 25.1 Å². The lowest BCUT2D eigenvalue weighted by Crippen LogP contribution is -2.20. The van der Waals surface area contributed by atoms with Crippen molar-refractivity contribution < 1.29 is 17.9 Å². The van der Waals surface area contributed by atoms with Gasteiger partial charge in [0.2, 0.25) is 0 Å². The molecule has 1 fully saturated rings. The first-order chi connectivity index (χ1) is 12.8. The molecule has 5 nitrogen and oxygen atoms in total. The van der Waals surface area contributed by atoms with E-state index in [0.717, 1.165) is 18.9 Å². The second-order valence-corrected chi connectivity index (χ2v) is 6.73. The molecule has 1 aliphatic rings. The molecule has 1 aliphatic carbocycles. The highest BCUT2D eigenvalue weighted by Crippen LogP contribution is 2.40. The molecule has 0 aliphatic heterocycles. The molecule has 4 rings (SSSR count). The zero-order valence-electron chi connectivity index (χ0n) is 14.1. The maximum atomic E-state index is 13.7. The van der Waals surface area contributed by atoms with Gasteiger partial charge in [-0.1, -0.05) is 12.1 Å². The highest BCUT2D eigenvalue weighted by Gasteiger charge is 2.37. The number of methoxy groups -OCH3 is 1. The molecule has 1 N–H and O–H groups in total. The third kappa shape index (κ3) is 3.12. The Morgan fingerprint density at radius 1 is 1.30 bits per heavy atom. The normalized spacial score (nSPS) is 14.5. The molecule has 9 heteroatoms. The van der Waals surface area contributed by atoms with Gasteiger partial charge in [-0.05, 0) is 43.3 Å². The molecule has 2 heterocycles. The first kappa shape index (κ1) is 17.7. The maximum absolute atomic E-state index is 13.7. The van der Waals surface area contributed by atoms with Gasteiger partial charge in [0.15, 0.2) is 4.77 Å². The Labute approximate surface area is 156 Å². The van der Waals surface area contributed by atoms with Gasteiger partial charge in [-0.15, -0.1) is 0 Å². The Morgan fingerprint density at radius 2 is 2.04 bits per heavy atom. The van der Waals surface area contributed by atoms with Gasteiger partial charge < -0.3 is 4.74 Å². The Kier molecular flexibility index (Phi) is 4.06. The number of H-pyrrole nitrogens is 1. The number of aromatic amines is 1. The molecule has 3 aromatic rings. The average Bonchev–Trinajstić information content (AvgIpc) is 3.45. The van der Waals surface area contributed by atoms with E-state index in [0.29, 0.717) is 11.3 Å². The topological polar surface area (TPSA) is 59.9 Å². The predicted molar refractivity (Wildman–Crippen MR) is 96.4 cm³/mol. The summed E-state index contributed by atoms with van der Waals surface area (Å²) in [5, 5.41) is -0.491. The van der Waals surface area contributed by atoms with Gasteiger partial charge in [0.05, 0.1) is 23.8 Å². The lowest BCUT2D eigenvalue weighted by Gasteiger charge is -2.16. The van der Waals surface area contributed by atoms with Crippen LogP contribution in [0.1, 0.15) is 24.4 Å². The third-order valence-corrected chi connectivity index (χ3v) is 4.78. The number of nitrogens with zero attached hydrogens (tertiary/aromatic N) is 2. The quantitative estimate of drug-likeness (QED) is 0.667. The zero-order valence-corrected chi connectivity index (χ0v) is 14.9. The molecule has 0 spiro atoms. The van der Waals surface area contributed by atoms with Crippen LogP contribution in [0.3, 0.4) is 0 Å². The molecule has 0 saturated heterocycles. The molecule has 0 bridgehead atoms. The van der Waals surface area contributed by atoms with Crippen LogP contribution in [0.25, 0.3) is 22.3 Å². The number of pyridine rings is 1. The number of hydrogen-bond acceptors (Lipinski definition) is 4. The number of ether oxygens (including phenoxy) is 1. The number of fused-ring (bicyclic) bond motifs is 1. The van der Waals surface area contributed by atoms with E-state index in [-0.39, 0.29) is 22.2 Å². The van der Waals surface area contributed by atoms with Crippen LogP contribution in [0.15, 0.2) is 35.1 Å². The van der Waals surface area contributed by atoms with Gasteiger partial charge in [0.1, 0.15) is 11.4 Å². The van der Waals surface area contributed by atoms with Crippen molar-refractivity contribution in [1.82, 2.24) is 14.5 Å². The highest BCUT2D eigenvalue weighted by molar-refractivity contribution is 7.71. The number of benzene rings is 1. The van der Waals surface area contributed by atoms with Crippen LogP contribution in [-0.4, -0.2) is 21.6 Å². The van der Waals surface area contributed by atoms with E-state index in [1.807, 2.05) is 0 Å². The Bertz CT molecular complexity index is 1160. The predicted octanol–water partition coefficient (Wildman–Crippen LogP) is 4.48. The van der Waals surface area contributed by atoms with Crippen molar-refractivity contribution in [3.8, 4) is 17.0 Å². The van der Waals surface area contributed by atoms with Crippen LogP contribution in [0, 0.1) is 4.77 Å². The Balaban J connectivity index is 2.12. The molecule has 140 valence electrons. The van der Waals surface area contributed by atoms with E-state index in [2.05, 4.69) is 9.97 Å².